The normalized spacial score (nSPS) is 14.5. The molecule has 0 aromatic heterocycles. The van der Waals surface area contributed by atoms with Crippen LogP contribution >= 0.6 is 15.6 Å². The summed E-state index contributed by atoms with van der Waals surface area (Å²) < 4.78 is 68.5. The Bertz CT molecular complexity index is 2410. The van der Waals surface area contributed by atoms with Crippen LogP contribution in [0.1, 0.15) is 323 Å². The van der Waals surface area contributed by atoms with Crippen LogP contribution in [0.2, 0.25) is 0 Å². The molecule has 0 aliphatic heterocycles. The summed E-state index contributed by atoms with van der Waals surface area (Å²) in [5.41, 5.74) is 0. The van der Waals surface area contributed by atoms with Crippen molar-refractivity contribution >= 4 is 39.5 Å². The number of phosphoric acid groups is 2. The highest BCUT2D eigenvalue weighted by Crippen LogP contribution is 2.45. The molecule has 0 saturated carbocycles. The first kappa shape index (κ1) is 97.5. The van der Waals surface area contributed by atoms with Gasteiger partial charge in [-0.1, -0.05) is 265 Å². The molecule has 0 heterocycles. The molecule has 0 fully saturated rings. The molecule has 0 radical (unpaired) electrons. The molecule has 0 rings (SSSR count). The van der Waals surface area contributed by atoms with Gasteiger partial charge in [-0.25, -0.2) is 9.13 Å². The first-order valence-corrected chi connectivity index (χ1v) is 42.8. The first-order valence-electron chi connectivity index (χ1n) is 39.8. The summed E-state index contributed by atoms with van der Waals surface area (Å²) in [6.45, 7) is 4.59. The largest absolute Gasteiger partial charge is 0.472 e. The SMILES string of the molecule is CC/C=C\C/C=C\C/C=C\C/C=C\CCCCC(=O)OCC(COP(=O)(O)OCC(O)COP(=O)(O)OCC(COC(=O)CCCCCCCC/C=C\C/C=C\C/C=C\CCCCC)OC(=O)CCCCCCC/C=C\CCCCCCCC)OC(=O)CCCCCCC/C=C\C/C=C\CCC. The highest BCUT2D eigenvalue weighted by atomic mass is 31.2. The second-order valence-corrected chi connectivity index (χ2v) is 29.2. The number of allylic oxidation sites excluding steroid dienone is 20. The molecule has 586 valence electrons. The Morgan fingerprint density at radius 2 is 0.529 bits per heavy atom. The fourth-order valence-corrected chi connectivity index (χ4v) is 11.9. The van der Waals surface area contributed by atoms with Gasteiger partial charge in [-0.3, -0.25) is 37.3 Å². The van der Waals surface area contributed by atoms with E-state index in [1.54, 1.807) is 0 Å². The van der Waals surface area contributed by atoms with E-state index in [9.17, 15) is 43.2 Å². The van der Waals surface area contributed by atoms with Gasteiger partial charge in [0.15, 0.2) is 12.2 Å². The predicted octanol–water partition coefficient (Wildman–Crippen LogP) is 23.1. The summed E-state index contributed by atoms with van der Waals surface area (Å²) in [5.74, 6) is -2.26. The second kappa shape index (κ2) is 74.7. The van der Waals surface area contributed by atoms with E-state index in [-0.39, 0.29) is 25.7 Å². The van der Waals surface area contributed by atoms with Crippen LogP contribution in [0.3, 0.4) is 0 Å². The molecule has 0 amide bonds. The van der Waals surface area contributed by atoms with E-state index in [2.05, 4.69) is 149 Å². The van der Waals surface area contributed by atoms with Crippen molar-refractivity contribution in [3.63, 3.8) is 0 Å². The zero-order valence-corrected chi connectivity index (χ0v) is 65.8. The molecule has 0 aromatic rings. The molecule has 3 N–H and O–H groups in total. The van der Waals surface area contributed by atoms with Crippen molar-refractivity contribution in [2.45, 2.75) is 341 Å². The molecule has 102 heavy (non-hydrogen) atoms. The molecular formula is C83H142O17P2. The van der Waals surface area contributed by atoms with E-state index >= 15 is 0 Å². The predicted molar refractivity (Wildman–Crippen MR) is 418 cm³/mol. The van der Waals surface area contributed by atoms with Crippen LogP contribution in [0.4, 0.5) is 0 Å². The van der Waals surface area contributed by atoms with Crippen molar-refractivity contribution in [1.29, 1.82) is 0 Å². The van der Waals surface area contributed by atoms with Crippen molar-refractivity contribution in [2.75, 3.05) is 39.6 Å². The Balaban J connectivity index is 5.40. The van der Waals surface area contributed by atoms with Gasteiger partial charge < -0.3 is 33.8 Å². The summed E-state index contributed by atoms with van der Waals surface area (Å²) in [4.78, 5) is 73.0. The zero-order chi connectivity index (χ0) is 74.6. The summed E-state index contributed by atoms with van der Waals surface area (Å²) in [5, 5.41) is 10.6. The van der Waals surface area contributed by atoms with Gasteiger partial charge in [-0.15, -0.1) is 0 Å². The standard InChI is InChI=1S/C83H142O17P2/c1-5-9-13-17-21-25-29-33-36-37-38-39-42-45-48-52-56-60-64-68-81(86)94-74-79(100-83(88)70-66-62-58-54-50-46-41-35-31-27-23-19-15-11-7-3)76-98-102(91,92)96-72-77(84)71-95-101(89,90)97-75-78(99-82(87)69-65-61-57-53-49-43-32-28-24-20-16-12-8-4)73-93-80(85)67-63-59-55-51-47-44-40-34-30-26-22-18-14-10-6-2/h10,14,16,20-22,25-26,28,32-36,38-41,47,51,77-79,84H,5-9,11-13,15,17-19,23-24,27,29-31,37,42-46,48-50,52-76H2,1-4H3,(H,89,90)(H,91,92)/b14-10-,20-16-,25-21-,26-22-,32-28-,36-33-,39-38-,40-34-,41-35-,51-47-. The zero-order valence-electron chi connectivity index (χ0n) is 64.0. The minimum absolute atomic E-state index is 0.0671. The molecule has 19 heteroatoms. The number of hydrogen-bond donors (Lipinski definition) is 3. The quantitative estimate of drug-likeness (QED) is 0.0169. The topological polar surface area (TPSA) is 237 Å². The molecule has 5 atom stereocenters. The van der Waals surface area contributed by atoms with Crippen molar-refractivity contribution in [3.05, 3.63) is 122 Å². The van der Waals surface area contributed by atoms with E-state index in [4.69, 9.17) is 37.0 Å². The molecule has 0 saturated heterocycles. The number of phosphoric ester groups is 2. The summed E-state index contributed by atoms with van der Waals surface area (Å²) in [7, 11) is -9.98. The number of ether oxygens (including phenoxy) is 4. The van der Waals surface area contributed by atoms with Crippen molar-refractivity contribution in [1.82, 2.24) is 0 Å². The van der Waals surface area contributed by atoms with Gasteiger partial charge in [-0.2, -0.15) is 0 Å². The Morgan fingerprint density at radius 1 is 0.284 bits per heavy atom. The lowest BCUT2D eigenvalue weighted by Gasteiger charge is -2.21. The lowest BCUT2D eigenvalue weighted by atomic mass is 10.1. The summed E-state index contributed by atoms with van der Waals surface area (Å²) >= 11 is 0. The van der Waals surface area contributed by atoms with Crippen molar-refractivity contribution in [2.24, 2.45) is 0 Å². The summed E-state index contributed by atoms with van der Waals surface area (Å²) in [6.07, 6.45) is 81.8. The number of aliphatic hydroxyl groups excluding tert-OH is 1. The molecule has 0 spiro atoms. The molecule has 0 aliphatic carbocycles. The fraction of sp³-hybridized carbons (Fsp3) is 0.711. The smallest absolute Gasteiger partial charge is 0.462 e. The van der Waals surface area contributed by atoms with Crippen molar-refractivity contribution < 1.29 is 80.2 Å². The molecule has 0 bridgehead atoms. The Hall–Kier alpha value is -4.54. The van der Waals surface area contributed by atoms with Crippen LogP contribution in [0.5, 0.6) is 0 Å². The highest BCUT2D eigenvalue weighted by molar-refractivity contribution is 7.47. The van der Waals surface area contributed by atoms with Crippen LogP contribution in [-0.2, 0) is 65.4 Å². The fourth-order valence-electron chi connectivity index (χ4n) is 10.3. The van der Waals surface area contributed by atoms with E-state index in [1.165, 1.54) is 57.8 Å². The molecular weight excluding hydrogens is 1330 g/mol. The Morgan fingerprint density at radius 3 is 0.873 bits per heavy atom. The summed E-state index contributed by atoms with van der Waals surface area (Å²) in [6, 6.07) is 0. The molecule has 5 unspecified atom stereocenters. The third-order valence-electron chi connectivity index (χ3n) is 16.4. The number of hydrogen-bond acceptors (Lipinski definition) is 15. The van der Waals surface area contributed by atoms with E-state index in [0.717, 1.165) is 186 Å². The van der Waals surface area contributed by atoms with Gasteiger partial charge in [0, 0.05) is 25.7 Å². The maximum Gasteiger partial charge on any atom is 0.472 e. The lowest BCUT2D eigenvalue weighted by molar-refractivity contribution is -0.161. The van der Waals surface area contributed by atoms with E-state index in [1.807, 2.05) is 0 Å². The van der Waals surface area contributed by atoms with Gasteiger partial charge in [0.2, 0.25) is 0 Å². The Labute approximate surface area is 619 Å². The molecule has 0 aromatic carbocycles. The van der Waals surface area contributed by atoms with Crippen molar-refractivity contribution in [3.8, 4) is 0 Å². The second-order valence-electron chi connectivity index (χ2n) is 26.3. The van der Waals surface area contributed by atoms with Gasteiger partial charge in [0.05, 0.1) is 26.4 Å². The van der Waals surface area contributed by atoms with Crippen LogP contribution in [-0.4, -0.2) is 96.7 Å². The van der Waals surface area contributed by atoms with Crippen LogP contribution < -0.4 is 0 Å². The Kier molecular flexibility index (Phi) is 71.4. The van der Waals surface area contributed by atoms with E-state index < -0.39 is 97.5 Å². The van der Waals surface area contributed by atoms with E-state index in [0.29, 0.717) is 25.7 Å². The average molecular weight is 1470 g/mol. The molecule has 17 nitrogen and oxygen atoms in total. The number of aliphatic hydroxyl groups is 1. The van der Waals surface area contributed by atoms with Gasteiger partial charge in [-0.05, 0) is 154 Å². The van der Waals surface area contributed by atoms with Gasteiger partial charge in [0.1, 0.15) is 19.3 Å². The number of unbranched alkanes of at least 4 members (excludes halogenated alkanes) is 28. The van der Waals surface area contributed by atoms with Crippen LogP contribution in [0.15, 0.2) is 122 Å². The monoisotopic (exact) mass is 1470 g/mol. The first-order chi connectivity index (χ1) is 49.7. The third-order valence-corrected chi connectivity index (χ3v) is 18.3. The minimum atomic E-state index is -4.99. The highest BCUT2D eigenvalue weighted by Gasteiger charge is 2.30. The van der Waals surface area contributed by atoms with Gasteiger partial charge >= 0.3 is 39.5 Å². The minimum Gasteiger partial charge on any atom is -0.462 e. The number of esters is 4. The maximum atomic E-state index is 13.1. The number of carbonyl (C=O) groups is 4. The third kappa shape index (κ3) is 73.8. The maximum absolute atomic E-state index is 13.1. The molecule has 0 aliphatic rings. The van der Waals surface area contributed by atoms with Crippen LogP contribution in [0, 0.1) is 0 Å². The average Bonchev–Trinajstić information content (AvgIpc) is 0.909. The lowest BCUT2D eigenvalue weighted by Crippen LogP contribution is -2.30. The van der Waals surface area contributed by atoms with Gasteiger partial charge in [0.25, 0.3) is 0 Å². The van der Waals surface area contributed by atoms with Crippen LogP contribution in [0.25, 0.3) is 0 Å². The number of carbonyl (C=O) groups excluding carboxylic acids is 4. The number of rotatable bonds is 74.